The highest BCUT2D eigenvalue weighted by Crippen LogP contribution is 2.47. The van der Waals surface area contributed by atoms with Crippen molar-refractivity contribution >= 4 is 49.8 Å². The van der Waals surface area contributed by atoms with Crippen molar-refractivity contribution in [1.82, 2.24) is 23.8 Å². The average Bonchev–Trinajstić information content (AvgIpc) is 3.63. The molecule has 0 radical (unpaired) electrons. The minimum Gasteiger partial charge on any atom is -0.383 e. The van der Waals surface area contributed by atoms with Gasteiger partial charge in [0.2, 0.25) is 0 Å². The molecule has 7 rings (SSSR count). The van der Waals surface area contributed by atoms with Crippen LogP contribution in [0.2, 0.25) is 5.02 Å². The van der Waals surface area contributed by atoms with E-state index in [1.54, 1.807) is 42.7 Å². The fourth-order valence-electron chi connectivity index (χ4n) is 5.58. The number of thiazole rings is 1. The summed E-state index contributed by atoms with van der Waals surface area (Å²) in [5.74, 6) is 0.855. The molecule has 1 aromatic carbocycles. The molecule has 2 aliphatic rings. The van der Waals surface area contributed by atoms with Gasteiger partial charge in [-0.3, -0.25) is 0 Å². The molecular weight excluding hydrogens is 592 g/mol. The number of hydrogen-bond acceptors (Lipinski definition) is 9. The van der Waals surface area contributed by atoms with Crippen LogP contribution in [0.25, 0.3) is 32.7 Å². The number of benzene rings is 1. The second-order valence-electron chi connectivity index (χ2n) is 10.9. The van der Waals surface area contributed by atoms with Crippen LogP contribution < -0.4 is 4.90 Å². The molecule has 0 spiro atoms. The number of anilines is 1. The van der Waals surface area contributed by atoms with Crippen molar-refractivity contribution in [3.63, 3.8) is 0 Å². The largest absolute Gasteiger partial charge is 0.383 e. The average molecular weight is 621 g/mol. The molecule has 216 valence electrons. The van der Waals surface area contributed by atoms with Crippen LogP contribution in [0.3, 0.4) is 0 Å². The minimum atomic E-state index is -4.05. The smallest absolute Gasteiger partial charge is 0.269 e. The zero-order valence-electron chi connectivity index (χ0n) is 22.9. The SMILES string of the molecule is CN1CCN(c2ccc(-c3cc4c(-c5cnc(C6(O)CCC6)s5)c(Cl)cnc4n3S(=O)(=O)c3ccccc3)cn2)CC1. The Morgan fingerprint density at radius 3 is 2.38 bits per heavy atom. The lowest BCUT2D eigenvalue weighted by Crippen LogP contribution is -2.44. The van der Waals surface area contributed by atoms with E-state index < -0.39 is 15.6 Å². The summed E-state index contributed by atoms with van der Waals surface area (Å²) in [5, 5.41) is 12.5. The van der Waals surface area contributed by atoms with E-state index in [1.165, 1.54) is 21.5 Å². The Labute approximate surface area is 253 Å². The number of aromatic nitrogens is 4. The molecule has 0 bridgehead atoms. The van der Waals surface area contributed by atoms with Crippen LogP contribution in [0, 0.1) is 0 Å². The second-order valence-corrected chi connectivity index (χ2v) is 14.2. The van der Waals surface area contributed by atoms with Crippen LogP contribution >= 0.6 is 22.9 Å². The van der Waals surface area contributed by atoms with Gasteiger partial charge in [-0.05, 0) is 56.6 Å². The van der Waals surface area contributed by atoms with Crippen molar-refractivity contribution in [3.8, 4) is 21.7 Å². The van der Waals surface area contributed by atoms with Gasteiger partial charge in [0.15, 0.2) is 5.65 Å². The van der Waals surface area contributed by atoms with Crippen LogP contribution in [0.1, 0.15) is 24.3 Å². The predicted molar refractivity (Wildman–Crippen MR) is 166 cm³/mol. The van der Waals surface area contributed by atoms with Gasteiger partial charge in [-0.25, -0.2) is 27.3 Å². The maximum atomic E-state index is 14.2. The van der Waals surface area contributed by atoms with Crippen LogP contribution in [0.15, 0.2) is 72.0 Å². The zero-order chi connectivity index (χ0) is 29.1. The van der Waals surface area contributed by atoms with E-state index in [4.69, 9.17) is 16.6 Å². The van der Waals surface area contributed by atoms with Crippen LogP contribution in [0.4, 0.5) is 5.82 Å². The molecule has 1 aliphatic heterocycles. The lowest BCUT2D eigenvalue weighted by Gasteiger charge is -2.34. The Balaban J connectivity index is 1.40. The van der Waals surface area contributed by atoms with E-state index >= 15 is 0 Å². The fourth-order valence-corrected chi connectivity index (χ4v) is 8.53. The Kier molecular flexibility index (Phi) is 6.82. The fraction of sp³-hybridized carbons (Fsp3) is 0.300. The van der Waals surface area contributed by atoms with Crippen LogP contribution in [-0.2, 0) is 15.6 Å². The van der Waals surface area contributed by atoms with E-state index in [0.29, 0.717) is 45.1 Å². The highest BCUT2D eigenvalue weighted by atomic mass is 35.5. The molecule has 0 atom stereocenters. The van der Waals surface area contributed by atoms with Gasteiger partial charge in [-0.2, -0.15) is 0 Å². The van der Waals surface area contributed by atoms with E-state index in [0.717, 1.165) is 43.3 Å². The number of aliphatic hydroxyl groups is 1. The van der Waals surface area contributed by atoms with Gasteiger partial charge in [-0.15, -0.1) is 11.3 Å². The van der Waals surface area contributed by atoms with Gasteiger partial charge in [0.05, 0.1) is 20.5 Å². The second kappa shape index (κ2) is 10.4. The summed E-state index contributed by atoms with van der Waals surface area (Å²) in [6.07, 6.45) is 7.20. The summed E-state index contributed by atoms with van der Waals surface area (Å²) < 4.78 is 29.6. The molecule has 5 aromatic rings. The molecule has 9 nitrogen and oxygen atoms in total. The Morgan fingerprint density at radius 1 is 0.952 bits per heavy atom. The third-order valence-electron chi connectivity index (χ3n) is 8.22. The third kappa shape index (κ3) is 4.60. The Bertz CT molecular complexity index is 1880. The topological polar surface area (TPSA) is 104 Å². The lowest BCUT2D eigenvalue weighted by atomic mass is 9.81. The first-order chi connectivity index (χ1) is 20.2. The van der Waals surface area contributed by atoms with E-state index in [-0.39, 0.29) is 10.5 Å². The monoisotopic (exact) mass is 620 g/mol. The molecule has 4 aromatic heterocycles. The molecule has 1 aliphatic carbocycles. The molecule has 1 saturated heterocycles. The number of nitrogens with zero attached hydrogens (tertiary/aromatic N) is 6. The molecule has 5 heterocycles. The van der Waals surface area contributed by atoms with Gasteiger partial charge in [-0.1, -0.05) is 29.8 Å². The van der Waals surface area contributed by atoms with E-state index in [2.05, 4.69) is 26.8 Å². The Morgan fingerprint density at radius 2 is 1.71 bits per heavy atom. The van der Waals surface area contributed by atoms with Crippen molar-refractivity contribution in [2.24, 2.45) is 0 Å². The standard InChI is InChI=1S/C30H29ClN6O3S2/c1-35-12-14-36(15-13-35)26-9-8-20(17-32-26)24-16-22-27(25-19-34-29(41-25)30(38)10-5-11-30)23(31)18-33-28(22)37(24)42(39,40)21-6-3-2-4-7-21/h2-4,6-9,16-19,38H,5,10-15H2,1H3. The molecule has 0 unspecified atom stereocenters. The predicted octanol–water partition coefficient (Wildman–Crippen LogP) is 5.24. The van der Waals surface area contributed by atoms with Crippen molar-refractivity contribution in [1.29, 1.82) is 0 Å². The van der Waals surface area contributed by atoms with Gasteiger partial charge < -0.3 is 14.9 Å². The summed E-state index contributed by atoms with van der Waals surface area (Å²) in [4.78, 5) is 19.2. The van der Waals surface area contributed by atoms with Gasteiger partial charge >= 0.3 is 0 Å². The molecule has 12 heteroatoms. The van der Waals surface area contributed by atoms with Crippen molar-refractivity contribution in [2.75, 3.05) is 38.1 Å². The molecule has 1 N–H and O–H groups in total. The molecule has 42 heavy (non-hydrogen) atoms. The van der Waals surface area contributed by atoms with Crippen molar-refractivity contribution < 1.29 is 13.5 Å². The summed E-state index contributed by atoms with van der Waals surface area (Å²) in [6, 6.07) is 14.0. The highest BCUT2D eigenvalue weighted by Gasteiger charge is 2.39. The van der Waals surface area contributed by atoms with Gasteiger partial charge in [0, 0.05) is 61.3 Å². The molecule has 2 fully saturated rings. The van der Waals surface area contributed by atoms with Crippen molar-refractivity contribution in [2.45, 2.75) is 29.8 Å². The van der Waals surface area contributed by atoms with Crippen molar-refractivity contribution in [3.05, 3.63) is 77.2 Å². The molecule has 1 saturated carbocycles. The normalized spacial score (nSPS) is 17.5. The summed E-state index contributed by atoms with van der Waals surface area (Å²) in [5.41, 5.74) is 1.06. The minimum absolute atomic E-state index is 0.149. The first kappa shape index (κ1) is 27.5. The first-order valence-corrected chi connectivity index (χ1v) is 16.5. The van der Waals surface area contributed by atoms with E-state index in [9.17, 15) is 13.5 Å². The summed E-state index contributed by atoms with van der Waals surface area (Å²) >= 11 is 8.12. The lowest BCUT2D eigenvalue weighted by molar-refractivity contribution is -0.0389. The number of pyridine rings is 2. The Hall–Kier alpha value is -3.35. The summed E-state index contributed by atoms with van der Waals surface area (Å²) in [6.45, 7) is 3.67. The summed E-state index contributed by atoms with van der Waals surface area (Å²) in [7, 11) is -1.94. The number of halogens is 1. The highest BCUT2D eigenvalue weighted by molar-refractivity contribution is 7.90. The number of piperazine rings is 1. The number of rotatable bonds is 6. The quantitative estimate of drug-likeness (QED) is 0.275. The van der Waals surface area contributed by atoms with Gasteiger partial charge in [0.25, 0.3) is 10.0 Å². The third-order valence-corrected chi connectivity index (χ3v) is 11.4. The molecular formula is C30H29ClN6O3S2. The number of hydrogen-bond donors (Lipinski definition) is 1. The number of likely N-dealkylation sites (N-methyl/N-ethyl adjacent to an activating group) is 1. The molecule has 0 amide bonds. The van der Waals surface area contributed by atoms with Crippen LogP contribution in [0.5, 0.6) is 0 Å². The van der Waals surface area contributed by atoms with E-state index in [1.807, 2.05) is 18.2 Å². The van der Waals surface area contributed by atoms with Gasteiger partial charge in [0.1, 0.15) is 16.4 Å². The maximum Gasteiger partial charge on any atom is 0.269 e. The first-order valence-electron chi connectivity index (χ1n) is 13.8. The number of fused-ring (bicyclic) bond motifs is 1. The maximum absolute atomic E-state index is 14.2. The zero-order valence-corrected chi connectivity index (χ0v) is 25.3. The van der Waals surface area contributed by atoms with Crippen LogP contribution in [-0.4, -0.2) is 70.6 Å².